The Morgan fingerprint density at radius 3 is 2.82 bits per heavy atom. The number of rotatable bonds is 3. The molecule has 0 heterocycles. The minimum absolute atomic E-state index is 0.0216. The van der Waals surface area contributed by atoms with Gasteiger partial charge in [-0.05, 0) is 53.9 Å². The number of carbonyl (C=O) groups excluding carboxylic acids is 1. The topological polar surface area (TPSA) is 41.5 Å². The first-order chi connectivity index (χ1) is 10.8. The van der Waals surface area contributed by atoms with Gasteiger partial charge < -0.3 is 0 Å². The van der Waals surface area contributed by atoms with Crippen LogP contribution in [0.3, 0.4) is 0 Å². The van der Waals surface area contributed by atoms with Crippen LogP contribution < -0.4 is 5.43 Å². The molecule has 3 nitrogen and oxygen atoms in total. The summed E-state index contributed by atoms with van der Waals surface area (Å²) in [5, 5.41) is 6.72. The average Bonchev–Trinajstić information content (AvgIpc) is 3.16. The molecule has 4 rings (SSSR count). The predicted octanol–water partition coefficient (Wildman–Crippen LogP) is 3.67. The summed E-state index contributed by atoms with van der Waals surface area (Å²) in [5.41, 5.74) is 5.04. The summed E-state index contributed by atoms with van der Waals surface area (Å²) in [5.74, 6) is 1.42. The molecule has 2 atom stereocenters. The first-order valence-corrected chi connectivity index (χ1v) is 8.11. The second kappa shape index (κ2) is 5.56. The van der Waals surface area contributed by atoms with Crippen molar-refractivity contribution in [1.29, 1.82) is 0 Å². The highest BCUT2D eigenvalue weighted by atomic mass is 16.2. The van der Waals surface area contributed by atoms with Crippen LogP contribution in [0.4, 0.5) is 0 Å². The van der Waals surface area contributed by atoms with Gasteiger partial charge in [0.2, 0.25) is 5.91 Å². The molecule has 2 fully saturated rings. The first kappa shape index (κ1) is 13.5. The Hall–Kier alpha value is -2.16. The number of amides is 1. The number of nitrogens with zero attached hydrogens (tertiary/aromatic N) is 1. The summed E-state index contributed by atoms with van der Waals surface area (Å²) in [7, 11) is 0. The highest BCUT2D eigenvalue weighted by Crippen LogP contribution is 2.42. The Morgan fingerprint density at radius 2 is 2.00 bits per heavy atom. The highest BCUT2D eigenvalue weighted by molar-refractivity contribution is 5.92. The molecule has 0 aliphatic heterocycles. The second-order valence-electron chi connectivity index (χ2n) is 6.53. The summed E-state index contributed by atoms with van der Waals surface area (Å²) < 4.78 is 0. The fraction of sp³-hybridized carbons (Fsp3) is 0.368. The van der Waals surface area contributed by atoms with Gasteiger partial charge in [0.1, 0.15) is 0 Å². The maximum absolute atomic E-state index is 12.2. The molecule has 3 heteroatoms. The van der Waals surface area contributed by atoms with Gasteiger partial charge in [0.05, 0.1) is 6.42 Å². The van der Waals surface area contributed by atoms with E-state index in [2.05, 4.69) is 28.7 Å². The van der Waals surface area contributed by atoms with Crippen molar-refractivity contribution in [3.05, 3.63) is 48.0 Å². The molecule has 2 aromatic carbocycles. The fourth-order valence-electron chi connectivity index (χ4n) is 3.96. The third-order valence-corrected chi connectivity index (χ3v) is 5.07. The van der Waals surface area contributed by atoms with Crippen LogP contribution in [0, 0.1) is 11.8 Å². The minimum atomic E-state index is -0.0216. The van der Waals surface area contributed by atoms with E-state index in [0.717, 1.165) is 23.3 Å². The Kier molecular flexibility index (Phi) is 3.41. The van der Waals surface area contributed by atoms with E-state index >= 15 is 0 Å². The molecule has 2 saturated carbocycles. The normalized spacial score (nSPS) is 25.0. The van der Waals surface area contributed by atoms with Gasteiger partial charge in [-0.3, -0.25) is 4.79 Å². The first-order valence-electron chi connectivity index (χ1n) is 8.11. The SMILES string of the molecule is O=C(Cc1cccc2ccccc12)N/N=C1/CC2CCC1C2. The van der Waals surface area contributed by atoms with Crippen molar-refractivity contribution < 1.29 is 4.79 Å². The lowest BCUT2D eigenvalue weighted by Gasteiger charge is -2.12. The maximum Gasteiger partial charge on any atom is 0.244 e. The van der Waals surface area contributed by atoms with Crippen molar-refractivity contribution in [2.45, 2.75) is 32.1 Å². The van der Waals surface area contributed by atoms with Crippen LogP contribution in [0.15, 0.2) is 47.6 Å². The molecule has 1 amide bonds. The summed E-state index contributed by atoms with van der Waals surface area (Å²) in [6, 6.07) is 14.3. The molecular formula is C19H20N2O. The summed E-state index contributed by atoms with van der Waals surface area (Å²) >= 11 is 0. The Labute approximate surface area is 130 Å². The van der Waals surface area contributed by atoms with Crippen LogP contribution in [-0.2, 0) is 11.2 Å². The Morgan fingerprint density at radius 1 is 1.14 bits per heavy atom. The fourth-order valence-corrected chi connectivity index (χ4v) is 3.96. The van der Waals surface area contributed by atoms with Crippen molar-refractivity contribution in [3.8, 4) is 0 Å². The maximum atomic E-state index is 12.2. The quantitative estimate of drug-likeness (QED) is 0.862. The number of carbonyl (C=O) groups is 1. The number of hydrazone groups is 1. The molecule has 2 aromatic rings. The average molecular weight is 292 g/mol. The van der Waals surface area contributed by atoms with Crippen LogP contribution in [-0.4, -0.2) is 11.6 Å². The van der Waals surface area contributed by atoms with E-state index in [0.29, 0.717) is 12.3 Å². The number of benzene rings is 2. The standard InChI is InChI=1S/C19H20N2O/c22-19(21-20-18-11-13-8-9-16(18)10-13)12-15-6-3-5-14-4-1-2-7-17(14)15/h1-7,13,16H,8-12H2,(H,21,22)/b20-18-. The zero-order valence-electron chi connectivity index (χ0n) is 12.6. The number of hydrogen-bond acceptors (Lipinski definition) is 2. The van der Waals surface area contributed by atoms with Gasteiger partial charge in [-0.25, -0.2) is 5.43 Å². The van der Waals surface area contributed by atoms with E-state index in [1.807, 2.05) is 24.3 Å². The van der Waals surface area contributed by atoms with Crippen molar-refractivity contribution in [1.82, 2.24) is 5.43 Å². The van der Waals surface area contributed by atoms with Gasteiger partial charge in [-0.2, -0.15) is 5.10 Å². The van der Waals surface area contributed by atoms with E-state index in [1.165, 1.54) is 30.4 Å². The van der Waals surface area contributed by atoms with E-state index in [1.54, 1.807) is 0 Å². The van der Waals surface area contributed by atoms with Gasteiger partial charge in [0.25, 0.3) is 0 Å². The zero-order valence-corrected chi connectivity index (χ0v) is 12.6. The molecule has 112 valence electrons. The minimum Gasteiger partial charge on any atom is -0.273 e. The molecule has 2 aliphatic carbocycles. The summed E-state index contributed by atoms with van der Waals surface area (Å²) in [6.45, 7) is 0. The third-order valence-electron chi connectivity index (χ3n) is 5.07. The lowest BCUT2D eigenvalue weighted by Crippen LogP contribution is -2.23. The van der Waals surface area contributed by atoms with E-state index < -0.39 is 0 Å². The van der Waals surface area contributed by atoms with Gasteiger partial charge in [0.15, 0.2) is 0 Å². The molecule has 2 aliphatic rings. The van der Waals surface area contributed by atoms with Crippen molar-refractivity contribution >= 4 is 22.4 Å². The van der Waals surface area contributed by atoms with Crippen molar-refractivity contribution in [2.24, 2.45) is 16.9 Å². The van der Waals surface area contributed by atoms with Crippen LogP contribution in [0.2, 0.25) is 0 Å². The second-order valence-corrected chi connectivity index (χ2v) is 6.53. The number of fused-ring (bicyclic) bond motifs is 3. The van der Waals surface area contributed by atoms with Crippen LogP contribution in [0.25, 0.3) is 10.8 Å². The smallest absolute Gasteiger partial charge is 0.244 e. The Bertz CT molecular complexity index is 745. The summed E-state index contributed by atoms with van der Waals surface area (Å²) in [6.07, 6.45) is 5.33. The lowest BCUT2D eigenvalue weighted by molar-refractivity contribution is -0.120. The van der Waals surface area contributed by atoms with Crippen LogP contribution >= 0.6 is 0 Å². The number of hydrogen-bond donors (Lipinski definition) is 1. The van der Waals surface area contributed by atoms with Crippen LogP contribution in [0.1, 0.15) is 31.2 Å². The molecule has 0 spiro atoms. The van der Waals surface area contributed by atoms with Gasteiger partial charge in [0, 0.05) is 5.71 Å². The molecule has 1 N–H and O–H groups in total. The largest absolute Gasteiger partial charge is 0.273 e. The predicted molar refractivity (Wildman–Crippen MR) is 88.7 cm³/mol. The molecule has 2 unspecified atom stereocenters. The highest BCUT2D eigenvalue weighted by Gasteiger charge is 2.36. The third kappa shape index (κ3) is 2.52. The molecule has 0 radical (unpaired) electrons. The summed E-state index contributed by atoms with van der Waals surface area (Å²) in [4.78, 5) is 12.2. The van der Waals surface area contributed by atoms with E-state index in [9.17, 15) is 4.79 Å². The number of nitrogens with one attached hydrogen (secondary N) is 1. The molecule has 0 saturated heterocycles. The van der Waals surface area contributed by atoms with Crippen molar-refractivity contribution in [2.75, 3.05) is 0 Å². The Balaban J connectivity index is 1.46. The van der Waals surface area contributed by atoms with E-state index in [-0.39, 0.29) is 5.91 Å². The van der Waals surface area contributed by atoms with Crippen molar-refractivity contribution in [3.63, 3.8) is 0 Å². The molecule has 22 heavy (non-hydrogen) atoms. The van der Waals surface area contributed by atoms with Gasteiger partial charge >= 0.3 is 0 Å². The molecule has 2 bridgehead atoms. The van der Waals surface area contributed by atoms with Crippen LogP contribution in [0.5, 0.6) is 0 Å². The van der Waals surface area contributed by atoms with Gasteiger partial charge in [-0.1, -0.05) is 42.5 Å². The molecular weight excluding hydrogens is 272 g/mol. The van der Waals surface area contributed by atoms with Gasteiger partial charge in [-0.15, -0.1) is 0 Å². The lowest BCUT2D eigenvalue weighted by atomic mass is 9.99. The van der Waals surface area contributed by atoms with E-state index in [4.69, 9.17) is 0 Å². The molecule has 0 aromatic heterocycles. The zero-order chi connectivity index (χ0) is 14.9. The monoisotopic (exact) mass is 292 g/mol.